The van der Waals surface area contributed by atoms with Crippen molar-refractivity contribution in [1.82, 2.24) is 24.5 Å². The molecule has 14 heteroatoms. The highest BCUT2D eigenvalue weighted by atomic mass is 35.5. The molecule has 288 valence electrons. The molecule has 1 saturated carbocycles. The number of likely N-dealkylation sites (tertiary alicyclic amines) is 2. The summed E-state index contributed by atoms with van der Waals surface area (Å²) in [4.78, 5) is 51.7. The topological polar surface area (TPSA) is 105 Å². The molecule has 5 aliphatic rings. The Morgan fingerprint density at radius 1 is 0.868 bits per heavy atom. The molecule has 3 saturated heterocycles. The van der Waals surface area contributed by atoms with Crippen molar-refractivity contribution in [2.75, 3.05) is 76.5 Å². The third-order valence-electron chi connectivity index (χ3n) is 12.1. The number of para-hydroxylation sites is 1. The average Bonchev–Trinajstić information content (AvgIpc) is 3.99. The Balaban J connectivity index is 0.989. The molecule has 4 fully saturated rings. The number of nitrogen functional groups attached to an aromatic ring is 1. The third kappa shape index (κ3) is 9.05. The van der Waals surface area contributed by atoms with E-state index in [0.717, 1.165) is 68.7 Å². The summed E-state index contributed by atoms with van der Waals surface area (Å²) in [5.41, 5.74) is 6.23. The van der Waals surface area contributed by atoms with E-state index in [-0.39, 0.29) is 47.3 Å². The van der Waals surface area contributed by atoms with Crippen LogP contribution in [0.2, 0.25) is 5.02 Å². The van der Waals surface area contributed by atoms with Crippen LogP contribution in [0.1, 0.15) is 61.6 Å². The van der Waals surface area contributed by atoms with Crippen molar-refractivity contribution in [2.45, 2.75) is 76.0 Å². The number of piperazine rings is 1. The number of alkyl halides is 3. The van der Waals surface area contributed by atoms with Crippen LogP contribution >= 0.6 is 11.6 Å². The number of carbonyl (C=O) groups is 3. The lowest BCUT2D eigenvalue weighted by molar-refractivity contribution is -0.143. The second-order valence-corrected chi connectivity index (χ2v) is 16.0. The summed E-state index contributed by atoms with van der Waals surface area (Å²) in [6, 6.07) is 10.3. The van der Waals surface area contributed by atoms with E-state index < -0.39 is 23.3 Å². The van der Waals surface area contributed by atoms with Crippen LogP contribution in [0, 0.1) is 11.8 Å². The number of hydrogen-bond donors (Lipinski definition) is 2. The van der Waals surface area contributed by atoms with Crippen LogP contribution in [-0.2, 0) is 28.6 Å². The molecule has 4 amide bonds. The Morgan fingerprint density at radius 3 is 2.21 bits per heavy atom. The maximum absolute atomic E-state index is 14.2. The molecule has 0 aromatic heterocycles. The molecular formula is C39H51ClF3N7O3. The maximum atomic E-state index is 14.2. The summed E-state index contributed by atoms with van der Waals surface area (Å²) < 4.78 is 41.7. The maximum Gasteiger partial charge on any atom is 0.418 e. The van der Waals surface area contributed by atoms with Crippen molar-refractivity contribution < 1.29 is 27.6 Å². The van der Waals surface area contributed by atoms with Gasteiger partial charge < -0.3 is 30.7 Å². The molecule has 0 spiro atoms. The molecule has 1 unspecified atom stereocenters. The Hall–Kier alpha value is -3.55. The lowest BCUT2D eigenvalue weighted by Gasteiger charge is -2.43. The molecule has 3 N–H and O–H groups in total. The zero-order chi connectivity index (χ0) is 37.3. The molecule has 10 nitrogen and oxygen atoms in total. The molecular weight excluding hydrogens is 707 g/mol. The van der Waals surface area contributed by atoms with Gasteiger partial charge in [-0.15, -0.1) is 0 Å². The van der Waals surface area contributed by atoms with Crippen molar-refractivity contribution in [1.29, 1.82) is 0 Å². The minimum absolute atomic E-state index is 0.0361. The van der Waals surface area contributed by atoms with Gasteiger partial charge in [0.05, 0.1) is 22.2 Å². The number of nitrogens with one attached hydrogen (secondary N) is 1. The lowest BCUT2D eigenvalue weighted by Crippen LogP contribution is -2.54. The SMILES string of the molecule is Nc1c(Cl)cc(CC(CC(=O)N2CCC(N3CCc4ccccc4NC3=O)CC2)C(=O)N2CCC(N3CCN(CC4CC4)CC3)CC2)cc1C(F)(F)F. The van der Waals surface area contributed by atoms with Gasteiger partial charge in [-0.25, -0.2) is 4.79 Å². The fourth-order valence-electron chi connectivity index (χ4n) is 8.75. The zero-order valence-corrected chi connectivity index (χ0v) is 31.0. The van der Waals surface area contributed by atoms with Crippen LogP contribution < -0.4 is 11.1 Å². The number of hydrogen-bond acceptors (Lipinski definition) is 6. The summed E-state index contributed by atoms with van der Waals surface area (Å²) >= 11 is 6.18. The van der Waals surface area contributed by atoms with Crippen LogP contribution in [0.3, 0.4) is 0 Å². The molecule has 2 aromatic rings. The predicted octanol–water partition coefficient (Wildman–Crippen LogP) is 5.59. The second kappa shape index (κ2) is 16.0. The number of urea groups is 1. The number of carbonyl (C=O) groups excluding carboxylic acids is 3. The second-order valence-electron chi connectivity index (χ2n) is 15.6. The molecule has 4 heterocycles. The summed E-state index contributed by atoms with van der Waals surface area (Å²) in [6.07, 6.45) is 1.35. The molecule has 2 aromatic carbocycles. The molecule has 1 atom stereocenters. The van der Waals surface area contributed by atoms with E-state index in [1.807, 2.05) is 29.2 Å². The molecule has 4 aliphatic heterocycles. The molecule has 53 heavy (non-hydrogen) atoms. The number of fused-ring (bicyclic) bond motifs is 1. The highest BCUT2D eigenvalue weighted by Gasteiger charge is 2.38. The van der Waals surface area contributed by atoms with Gasteiger partial charge in [0, 0.05) is 89.6 Å². The van der Waals surface area contributed by atoms with E-state index in [4.69, 9.17) is 17.3 Å². The number of nitrogens with two attached hydrogens (primary N) is 1. The summed E-state index contributed by atoms with van der Waals surface area (Å²) in [7, 11) is 0. The lowest BCUT2D eigenvalue weighted by atomic mass is 9.91. The number of amides is 4. The third-order valence-corrected chi connectivity index (χ3v) is 12.4. The first-order valence-electron chi connectivity index (χ1n) is 19.3. The minimum Gasteiger partial charge on any atom is -0.397 e. The van der Waals surface area contributed by atoms with Gasteiger partial charge in [0.15, 0.2) is 0 Å². The van der Waals surface area contributed by atoms with Crippen molar-refractivity contribution in [2.24, 2.45) is 11.8 Å². The van der Waals surface area contributed by atoms with Crippen LogP contribution in [0.5, 0.6) is 0 Å². The number of rotatable bonds is 9. The van der Waals surface area contributed by atoms with Gasteiger partial charge in [0.1, 0.15) is 0 Å². The normalized spacial score (nSPS) is 22.0. The van der Waals surface area contributed by atoms with Crippen molar-refractivity contribution in [3.63, 3.8) is 0 Å². The highest BCUT2D eigenvalue weighted by molar-refractivity contribution is 6.33. The Kier molecular flexibility index (Phi) is 11.4. The number of piperidine rings is 2. The van der Waals surface area contributed by atoms with E-state index in [2.05, 4.69) is 15.1 Å². The smallest absolute Gasteiger partial charge is 0.397 e. The van der Waals surface area contributed by atoms with Crippen LogP contribution in [0.25, 0.3) is 0 Å². The Bertz CT molecular complexity index is 1650. The summed E-state index contributed by atoms with van der Waals surface area (Å²) in [5, 5.41) is 2.79. The monoisotopic (exact) mass is 757 g/mol. The first kappa shape index (κ1) is 37.8. The number of anilines is 2. The number of halogens is 4. The van der Waals surface area contributed by atoms with Gasteiger partial charge in [-0.3, -0.25) is 14.5 Å². The van der Waals surface area contributed by atoms with E-state index in [1.165, 1.54) is 25.5 Å². The largest absolute Gasteiger partial charge is 0.418 e. The number of nitrogens with zero attached hydrogens (tertiary/aromatic N) is 5. The van der Waals surface area contributed by atoms with Gasteiger partial charge in [-0.2, -0.15) is 13.2 Å². The summed E-state index contributed by atoms with van der Waals surface area (Å²) in [6.45, 7) is 7.89. The van der Waals surface area contributed by atoms with Crippen molar-refractivity contribution >= 4 is 40.8 Å². The molecule has 0 radical (unpaired) electrons. The van der Waals surface area contributed by atoms with Gasteiger partial charge in [-0.05, 0) is 86.6 Å². The quantitative estimate of drug-likeness (QED) is 0.324. The van der Waals surface area contributed by atoms with E-state index >= 15 is 0 Å². The van der Waals surface area contributed by atoms with Gasteiger partial charge in [0.2, 0.25) is 11.8 Å². The first-order valence-corrected chi connectivity index (χ1v) is 19.6. The predicted molar refractivity (Wildman–Crippen MR) is 198 cm³/mol. The minimum atomic E-state index is -4.72. The molecule has 0 bridgehead atoms. The molecule has 1 aliphatic carbocycles. The van der Waals surface area contributed by atoms with Crippen LogP contribution in [-0.4, -0.2) is 120 Å². The highest BCUT2D eigenvalue weighted by Crippen LogP contribution is 2.39. The summed E-state index contributed by atoms with van der Waals surface area (Å²) in [5.74, 6) is -0.425. The Morgan fingerprint density at radius 2 is 1.53 bits per heavy atom. The van der Waals surface area contributed by atoms with E-state index in [9.17, 15) is 27.6 Å². The fraction of sp³-hybridized carbons (Fsp3) is 0.615. The van der Waals surface area contributed by atoms with Gasteiger partial charge in [-0.1, -0.05) is 29.8 Å². The van der Waals surface area contributed by atoms with E-state index in [1.54, 1.807) is 9.80 Å². The first-order chi connectivity index (χ1) is 25.4. The zero-order valence-electron chi connectivity index (χ0n) is 30.3. The number of benzene rings is 2. The Labute approximate surface area is 314 Å². The fourth-order valence-corrected chi connectivity index (χ4v) is 8.99. The molecule has 7 rings (SSSR count). The van der Waals surface area contributed by atoms with E-state index in [0.29, 0.717) is 51.6 Å². The van der Waals surface area contributed by atoms with Crippen LogP contribution in [0.15, 0.2) is 36.4 Å². The van der Waals surface area contributed by atoms with Crippen molar-refractivity contribution in [3.05, 3.63) is 58.1 Å². The van der Waals surface area contributed by atoms with Gasteiger partial charge in [0.25, 0.3) is 0 Å². The van der Waals surface area contributed by atoms with Crippen molar-refractivity contribution in [3.8, 4) is 0 Å². The van der Waals surface area contributed by atoms with Gasteiger partial charge >= 0.3 is 12.2 Å². The van der Waals surface area contributed by atoms with Crippen LogP contribution in [0.4, 0.5) is 29.3 Å². The standard InChI is InChI=1S/C39H51ClF3N7O3/c40-33-23-27(22-32(36(33)44)39(41,42)43)21-29(37(52)49-14-8-30(9-15-49)47-19-17-46(18-20-47)25-26-5-6-26)24-35(51)48-12-10-31(11-13-48)50-16-7-28-3-1-2-4-34(28)45-38(50)53/h1-4,22-23,26,29-31H,5-21,24-25,44H2,(H,45,53). The average molecular weight is 758 g/mol.